The number of benzene rings is 1. The highest BCUT2D eigenvalue weighted by molar-refractivity contribution is 7.85. The highest BCUT2D eigenvalue weighted by Crippen LogP contribution is 2.05. The summed E-state index contributed by atoms with van der Waals surface area (Å²) in [6.45, 7) is 0. The van der Waals surface area contributed by atoms with Crippen molar-refractivity contribution >= 4 is 16.1 Å². The molecule has 0 spiro atoms. The maximum atomic E-state index is 10.4. The second-order valence-corrected chi connectivity index (χ2v) is 3.66. The van der Waals surface area contributed by atoms with Gasteiger partial charge in [0.15, 0.2) is 5.96 Å². The van der Waals surface area contributed by atoms with Crippen molar-refractivity contribution in [3.05, 3.63) is 30.3 Å². The summed E-state index contributed by atoms with van der Waals surface area (Å²) in [6.07, 6.45) is 0. The van der Waals surface area contributed by atoms with E-state index in [1.54, 1.807) is 18.2 Å². The minimum absolute atomic E-state index is 0.0741. The lowest BCUT2D eigenvalue weighted by molar-refractivity contribution is 0.483. The maximum absolute atomic E-state index is 10.4. The molecule has 7 heteroatoms. The van der Waals surface area contributed by atoms with Gasteiger partial charge in [0.2, 0.25) is 0 Å². The van der Waals surface area contributed by atoms with Gasteiger partial charge in [0.25, 0.3) is 10.1 Å². The molecule has 0 amide bonds. The van der Waals surface area contributed by atoms with E-state index in [1.165, 1.54) is 12.1 Å². The topological polar surface area (TPSA) is 130 Å². The zero-order valence-corrected chi connectivity index (χ0v) is 8.03. The molecule has 1 aromatic carbocycles. The van der Waals surface area contributed by atoms with Crippen LogP contribution in [0.15, 0.2) is 35.2 Å². The molecular formula is C7H11N3O3S. The third-order valence-corrected chi connectivity index (χ3v) is 1.91. The van der Waals surface area contributed by atoms with Gasteiger partial charge in [-0.1, -0.05) is 18.2 Å². The van der Waals surface area contributed by atoms with Gasteiger partial charge in [-0.05, 0) is 12.1 Å². The average molecular weight is 217 g/mol. The normalized spacial score (nSPS) is 9.79. The largest absolute Gasteiger partial charge is 0.370 e. The van der Waals surface area contributed by atoms with Crippen LogP contribution in [-0.4, -0.2) is 18.9 Å². The van der Waals surface area contributed by atoms with Crippen LogP contribution in [0.2, 0.25) is 0 Å². The van der Waals surface area contributed by atoms with Gasteiger partial charge >= 0.3 is 0 Å². The van der Waals surface area contributed by atoms with E-state index >= 15 is 0 Å². The molecule has 0 saturated heterocycles. The first-order chi connectivity index (χ1) is 6.34. The van der Waals surface area contributed by atoms with Gasteiger partial charge in [0.1, 0.15) is 0 Å². The van der Waals surface area contributed by atoms with Gasteiger partial charge in [-0.3, -0.25) is 9.96 Å². The first-order valence-electron chi connectivity index (χ1n) is 3.46. The van der Waals surface area contributed by atoms with E-state index in [1.807, 2.05) is 0 Å². The molecule has 0 aromatic heterocycles. The Morgan fingerprint density at radius 3 is 1.79 bits per heavy atom. The van der Waals surface area contributed by atoms with Crippen LogP contribution in [0.1, 0.15) is 0 Å². The summed E-state index contributed by atoms with van der Waals surface area (Å²) in [5, 5.41) is 6.06. The molecule has 78 valence electrons. The molecule has 0 radical (unpaired) electrons. The Kier molecular flexibility index (Phi) is 4.60. The van der Waals surface area contributed by atoms with E-state index < -0.39 is 10.1 Å². The summed E-state index contributed by atoms with van der Waals surface area (Å²) in [5.74, 6) is -0.333. The van der Waals surface area contributed by atoms with E-state index in [4.69, 9.17) is 9.96 Å². The molecule has 6 nitrogen and oxygen atoms in total. The third kappa shape index (κ3) is 5.98. The molecule has 0 aliphatic rings. The van der Waals surface area contributed by atoms with Gasteiger partial charge in [-0.15, -0.1) is 0 Å². The predicted molar refractivity (Wildman–Crippen MR) is 52.4 cm³/mol. The predicted octanol–water partition coefficient (Wildman–Crippen LogP) is -0.228. The smallest absolute Gasteiger partial charge is 0.294 e. The number of hydrogen-bond donors (Lipinski definition) is 4. The van der Waals surface area contributed by atoms with Crippen LogP contribution in [0.4, 0.5) is 0 Å². The van der Waals surface area contributed by atoms with E-state index in [9.17, 15) is 8.42 Å². The molecule has 0 bridgehead atoms. The molecule has 6 N–H and O–H groups in total. The molecule has 0 unspecified atom stereocenters. The molecule has 0 atom stereocenters. The summed E-state index contributed by atoms with van der Waals surface area (Å²) in [7, 11) is -4.00. The molecule has 0 aliphatic heterocycles. The van der Waals surface area contributed by atoms with Crippen LogP contribution in [0.25, 0.3) is 0 Å². The summed E-state index contributed by atoms with van der Waals surface area (Å²) >= 11 is 0. The third-order valence-electron chi connectivity index (χ3n) is 1.04. The quantitative estimate of drug-likeness (QED) is 0.293. The second kappa shape index (κ2) is 5.20. The van der Waals surface area contributed by atoms with Crippen molar-refractivity contribution < 1.29 is 13.0 Å². The van der Waals surface area contributed by atoms with E-state index in [0.29, 0.717) is 0 Å². The average Bonchev–Trinajstić information content (AvgIpc) is 2.03. The van der Waals surface area contributed by atoms with E-state index in [0.717, 1.165) is 0 Å². The highest BCUT2D eigenvalue weighted by atomic mass is 32.2. The minimum atomic E-state index is -4.00. The van der Waals surface area contributed by atoms with E-state index in [2.05, 4.69) is 11.5 Å². The van der Waals surface area contributed by atoms with Gasteiger partial charge in [-0.25, -0.2) is 0 Å². The molecule has 1 rings (SSSR count). The SMILES string of the molecule is N=C(N)N.O=S(=O)(O)c1ccccc1. The first-order valence-corrected chi connectivity index (χ1v) is 4.90. The van der Waals surface area contributed by atoms with Crippen LogP contribution < -0.4 is 11.5 Å². The fourth-order valence-corrected chi connectivity index (χ4v) is 1.09. The highest BCUT2D eigenvalue weighted by Gasteiger charge is 2.05. The van der Waals surface area contributed by atoms with Crippen molar-refractivity contribution in [1.29, 1.82) is 5.41 Å². The van der Waals surface area contributed by atoms with Crippen LogP contribution >= 0.6 is 0 Å². The van der Waals surface area contributed by atoms with Crippen molar-refractivity contribution in [3.63, 3.8) is 0 Å². The summed E-state index contributed by atoms with van der Waals surface area (Å²) in [5.41, 5.74) is 8.94. The summed E-state index contributed by atoms with van der Waals surface area (Å²) in [4.78, 5) is -0.0741. The van der Waals surface area contributed by atoms with Crippen LogP contribution in [0, 0.1) is 5.41 Å². The molecule has 14 heavy (non-hydrogen) atoms. The summed E-state index contributed by atoms with van der Waals surface area (Å²) in [6, 6.07) is 7.42. The van der Waals surface area contributed by atoms with Gasteiger partial charge in [-0.2, -0.15) is 8.42 Å². The Hall–Kier alpha value is -1.60. The maximum Gasteiger partial charge on any atom is 0.294 e. The Balaban J connectivity index is 0.000000364. The molecular weight excluding hydrogens is 206 g/mol. The molecule has 0 saturated carbocycles. The molecule has 0 heterocycles. The fourth-order valence-electron chi connectivity index (χ4n) is 0.592. The van der Waals surface area contributed by atoms with Crippen molar-refractivity contribution in [2.45, 2.75) is 4.90 Å². The Labute approximate surface area is 81.8 Å². The first kappa shape index (κ1) is 12.4. The monoisotopic (exact) mass is 217 g/mol. The molecule has 0 aliphatic carbocycles. The van der Waals surface area contributed by atoms with Crippen LogP contribution in [-0.2, 0) is 10.1 Å². The second-order valence-electron chi connectivity index (χ2n) is 2.24. The minimum Gasteiger partial charge on any atom is -0.370 e. The van der Waals surface area contributed by atoms with Crippen molar-refractivity contribution in [3.8, 4) is 0 Å². The van der Waals surface area contributed by atoms with Gasteiger partial charge in [0, 0.05) is 0 Å². The zero-order valence-electron chi connectivity index (χ0n) is 7.21. The Morgan fingerprint density at radius 1 is 1.21 bits per heavy atom. The lowest BCUT2D eigenvalue weighted by Gasteiger charge is -1.92. The standard InChI is InChI=1S/C6H6O3S.CH5N3/c7-10(8,9)6-4-2-1-3-5-6;2-1(3)4/h1-5H,(H,7,8,9);(H5,2,3,4). The molecule has 0 fully saturated rings. The Morgan fingerprint density at radius 2 is 1.57 bits per heavy atom. The lowest BCUT2D eigenvalue weighted by Crippen LogP contribution is -2.20. The van der Waals surface area contributed by atoms with Crippen molar-refractivity contribution in [2.75, 3.05) is 0 Å². The lowest BCUT2D eigenvalue weighted by atomic mass is 10.4. The van der Waals surface area contributed by atoms with Crippen LogP contribution in [0.3, 0.4) is 0 Å². The van der Waals surface area contributed by atoms with Crippen molar-refractivity contribution in [1.82, 2.24) is 0 Å². The van der Waals surface area contributed by atoms with Crippen molar-refractivity contribution in [2.24, 2.45) is 11.5 Å². The number of hydrogen-bond acceptors (Lipinski definition) is 3. The Bertz CT molecular complexity index is 384. The summed E-state index contributed by atoms with van der Waals surface area (Å²) < 4.78 is 29.2. The number of rotatable bonds is 1. The number of nitrogens with two attached hydrogens (primary N) is 2. The van der Waals surface area contributed by atoms with Crippen LogP contribution in [0.5, 0.6) is 0 Å². The fraction of sp³-hybridized carbons (Fsp3) is 0. The number of nitrogens with one attached hydrogen (secondary N) is 1. The number of guanidine groups is 1. The van der Waals surface area contributed by atoms with Gasteiger partial charge in [0.05, 0.1) is 4.90 Å². The zero-order chi connectivity index (χ0) is 11.2. The van der Waals surface area contributed by atoms with Gasteiger partial charge < -0.3 is 11.5 Å². The molecule has 1 aromatic rings. The van der Waals surface area contributed by atoms with E-state index in [-0.39, 0.29) is 10.9 Å².